The first-order valence-corrected chi connectivity index (χ1v) is 11.2. The van der Waals surface area contributed by atoms with Crippen LogP contribution in [0.4, 0.5) is 0 Å². The number of ether oxygens (including phenoxy) is 3. The number of benzene rings is 2. The molecule has 0 spiro atoms. The molecule has 4 nitrogen and oxygen atoms in total. The first-order chi connectivity index (χ1) is 14.2. The first kappa shape index (κ1) is 22.8. The van der Waals surface area contributed by atoms with Crippen LogP contribution in [0.5, 0.6) is 5.75 Å². The number of esters is 1. The zero-order valence-electron chi connectivity index (χ0n) is 18.6. The third-order valence-electron chi connectivity index (χ3n) is 5.72. The molecule has 1 saturated carbocycles. The third-order valence-corrected chi connectivity index (χ3v) is 6.24. The molecule has 5 heteroatoms. The Kier molecular flexibility index (Phi) is 6.93. The summed E-state index contributed by atoms with van der Waals surface area (Å²) in [6.07, 6.45) is 1.18. The van der Waals surface area contributed by atoms with E-state index in [1.54, 1.807) is 27.9 Å². The molecule has 0 bridgehead atoms. The van der Waals surface area contributed by atoms with Crippen molar-refractivity contribution in [1.29, 1.82) is 0 Å². The Balaban J connectivity index is 1.77. The van der Waals surface area contributed by atoms with Gasteiger partial charge in [-0.1, -0.05) is 40.2 Å². The van der Waals surface area contributed by atoms with Gasteiger partial charge in [-0.15, -0.1) is 0 Å². The molecule has 0 N–H and O–H groups in total. The van der Waals surface area contributed by atoms with E-state index in [1.165, 1.54) is 11.1 Å². The lowest BCUT2D eigenvalue weighted by molar-refractivity contribution is -0.158. The number of halogens is 1. The number of rotatable bonds is 8. The summed E-state index contributed by atoms with van der Waals surface area (Å²) >= 11 is 3.50. The van der Waals surface area contributed by atoms with Gasteiger partial charge in [0, 0.05) is 11.6 Å². The average Bonchev–Trinajstić information content (AvgIpc) is 3.47. The molecule has 162 valence electrons. The minimum Gasteiger partial charge on any atom is -0.476 e. The highest BCUT2D eigenvalue weighted by molar-refractivity contribution is 9.10. The second kappa shape index (κ2) is 9.11. The SMILES string of the molecule is CCOC(=O)C(C)(C)Oc1c(C)cc(C2CC2C(OC)c2ccc(Br)cc2)cc1C. The summed E-state index contributed by atoms with van der Waals surface area (Å²) in [5, 5.41) is 0. The molecule has 0 amide bonds. The Morgan fingerprint density at radius 1 is 1.17 bits per heavy atom. The van der Waals surface area contributed by atoms with Crippen molar-refractivity contribution in [2.45, 2.75) is 58.7 Å². The van der Waals surface area contributed by atoms with E-state index in [0.717, 1.165) is 27.8 Å². The van der Waals surface area contributed by atoms with Gasteiger partial charge >= 0.3 is 5.97 Å². The van der Waals surface area contributed by atoms with Crippen LogP contribution in [0.15, 0.2) is 40.9 Å². The van der Waals surface area contributed by atoms with Gasteiger partial charge in [-0.05, 0) is 87.3 Å². The molecule has 1 aliphatic rings. The fourth-order valence-corrected chi connectivity index (χ4v) is 4.37. The van der Waals surface area contributed by atoms with Crippen molar-refractivity contribution in [3.8, 4) is 5.75 Å². The molecule has 0 aliphatic heterocycles. The van der Waals surface area contributed by atoms with E-state index in [9.17, 15) is 4.79 Å². The predicted molar refractivity (Wildman–Crippen MR) is 122 cm³/mol. The molecule has 0 saturated heterocycles. The van der Waals surface area contributed by atoms with E-state index in [2.05, 4.69) is 52.3 Å². The fourth-order valence-electron chi connectivity index (χ4n) is 4.10. The minimum absolute atomic E-state index is 0.0855. The molecule has 30 heavy (non-hydrogen) atoms. The van der Waals surface area contributed by atoms with E-state index < -0.39 is 5.60 Å². The molecule has 3 rings (SSSR count). The van der Waals surface area contributed by atoms with Crippen LogP contribution in [-0.2, 0) is 14.3 Å². The summed E-state index contributed by atoms with van der Waals surface area (Å²) in [6.45, 7) is 9.70. The summed E-state index contributed by atoms with van der Waals surface area (Å²) in [5.41, 5.74) is 3.54. The van der Waals surface area contributed by atoms with Gasteiger partial charge in [-0.2, -0.15) is 0 Å². The Labute approximate surface area is 188 Å². The summed E-state index contributed by atoms with van der Waals surface area (Å²) in [7, 11) is 1.78. The van der Waals surface area contributed by atoms with Crippen molar-refractivity contribution >= 4 is 21.9 Å². The summed E-state index contributed by atoms with van der Waals surface area (Å²) in [6, 6.07) is 12.7. The lowest BCUT2D eigenvalue weighted by Gasteiger charge is -2.26. The van der Waals surface area contributed by atoms with E-state index in [4.69, 9.17) is 14.2 Å². The smallest absolute Gasteiger partial charge is 0.349 e. The number of methoxy groups -OCH3 is 1. The molecule has 3 atom stereocenters. The number of carbonyl (C=O) groups is 1. The second-order valence-corrected chi connectivity index (χ2v) is 9.45. The highest BCUT2D eigenvalue weighted by Crippen LogP contribution is 2.56. The van der Waals surface area contributed by atoms with Crippen molar-refractivity contribution in [2.24, 2.45) is 5.92 Å². The van der Waals surface area contributed by atoms with Gasteiger partial charge in [0.15, 0.2) is 5.60 Å². The third kappa shape index (κ3) is 4.89. The van der Waals surface area contributed by atoms with Gasteiger partial charge in [0.1, 0.15) is 5.75 Å². The molecule has 2 aromatic rings. The molecule has 0 radical (unpaired) electrons. The number of carbonyl (C=O) groups excluding carboxylic acids is 1. The minimum atomic E-state index is -1.03. The maximum Gasteiger partial charge on any atom is 0.349 e. The van der Waals surface area contributed by atoms with Crippen molar-refractivity contribution in [2.75, 3.05) is 13.7 Å². The van der Waals surface area contributed by atoms with Gasteiger partial charge in [0.05, 0.1) is 12.7 Å². The standard InChI is InChI=1S/C25H31BrO4/c1-7-29-24(27)25(4,5)30-22-15(2)12-18(13-16(22)3)20-14-21(20)23(28-6)17-8-10-19(26)11-9-17/h8-13,20-21,23H,7,14H2,1-6H3. The molecule has 3 unspecified atom stereocenters. The quantitative estimate of drug-likeness (QED) is 0.422. The fraction of sp³-hybridized carbons (Fsp3) is 0.480. The second-order valence-electron chi connectivity index (χ2n) is 8.53. The van der Waals surface area contributed by atoms with E-state index in [1.807, 2.05) is 13.8 Å². The maximum atomic E-state index is 12.2. The number of hydrogen-bond donors (Lipinski definition) is 0. The highest BCUT2D eigenvalue weighted by Gasteiger charge is 2.45. The normalized spacial score (nSPS) is 19.3. The van der Waals surface area contributed by atoms with E-state index in [0.29, 0.717) is 18.4 Å². The lowest BCUT2D eigenvalue weighted by Crippen LogP contribution is -2.40. The van der Waals surface area contributed by atoms with Gasteiger partial charge in [0.25, 0.3) is 0 Å². The Morgan fingerprint density at radius 3 is 2.30 bits per heavy atom. The van der Waals surface area contributed by atoms with E-state index >= 15 is 0 Å². The summed E-state index contributed by atoms with van der Waals surface area (Å²) in [4.78, 5) is 12.2. The van der Waals surface area contributed by atoms with Crippen molar-refractivity contribution in [3.05, 3.63) is 63.1 Å². The van der Waals surface area contributed by atoms with Gasteiger partial charge in [0.2, 0.25) is 0 Å². The summed E-state index contributed by atoms with van der Waals surface area (Å²) < 4.78 is 18.2. The Bertz CT molecular complexity index is 881. The number of hydrogen-bond acceptors (Lipinski definition) is 4. The largest absolute Gasteiger partial charge is 0.476 e. The molecule has 0 aromatic heterocycles. The van der Waals surface area contributed by atoms with Crippen molar-refractivity contribution < 1.29 is 19.0 Å². The van der Waals surface area contributed by atoms with Crippen LogP contribution in [0.2, 0.25) is 0 Å². The van der Waals surface area contributed by atoms with Crippen LogP contribution in [0.25, 0.3) is 0 Å². The van der Waals surface area contributed by atoms with E-state index in [-0.39, 0.29) is 12.1 Å². The predicted octanol–water partition coefficient (Wildman–Crippen LogP) is 6.28. The van der Waals surface area contributed by atoms with Crippen LogP contribution >= 0.6 is 15.9 Å². The highest BCUT2D eigenvalue weighted by atomic mass is 79.9. The van der Waals surface area contributed by atoms with Crippen LogP contribution in [0.3, 0.4) is 0 Å². The van der Waals surface area contributed by atoms with Crippen LogP contribution in [-0.4, -0.2) is 25.3 Å². The Morgan fingerprint density at radius 2 is 1.77 bits per heavy atom. The molecule has 0 heterocycles. The zero-order chi connectivity index (χ0) is 22.1. The van der Waals surface area contributed by atoms with Crippen molar-refractivity contribution in [1.82, 2.24) is 0 Å². The van der Waals surface area contributed by atoms with Gasteiger partial charge in [-0.3, -0.25) is 0 Å². The average molecular weight is 475 g/mol. The molecular formula is C25H31BrO4. The van der Waals surface area contributed by atoms with Crippen LogP contribution in [0, 0.1) is 19.8 Å². The molecule has 2 aromatic carbocycles. The van der Waals surface area contributed by atoms with Crippen LogP contribution in [0.1, 0.15) is 61.5 Å². The van der Waals surface area contributed by atoms with Crippen LogP contribution < -0.4 is 4.74 Å². The maximum absolute atomic E-state index is 12.2. The lowest BCUT2D eigenvalue weighted by atomic mass is 9.98. The summed E-state index contributed by atoms with van der Waals surface area (Å²) in [5.74, 6) is 1.32. The zero-order valence-corrected chi connectivity index (χ0v) is 20.2. The molecule has 1 aliphatic carbocycles. The topological polar surface area (TPSA) is 44.8 Å². The van der Waals surface area contributed by atoms with Crippen molar-refractivity contribution in [3.63, 3.8) is 0 Å². The molecular weight excluding hydrogens is 444 g/mol. The van der Waals surface area contributed by atoms with Gasteiger partial charge < -0.3 is 14.2 Å². The number of aryl methyl sites for hydroxylation is 2. The first-order valence-electron chi connectivity index (χ1n) is 10.4. The Hall–Kier alpha value is -1.85. The molecule has 1 fully saturated rings. The van der Waals surface area contributed by atoms with Gasteiger partial charge in [-0.25, -0.2) is 4.79 Å². The monoisotopic (exact) mass is 474 g/mol.